The Morgan fingerprint density at radius 3 is 2.46 bits per heavy atom. The summed E-state index contributed by atoms with van der Waals surface area (Å²) in [5.41, 5.74) is 1.81. The second-order valence-electron chi connectivity index (χ2n) is 5.57. The van der Waals surface area contributed by atoms with E-state index in [1.807, 2.05) is 0 Å². The number of esters is 1. The van der Waals surface area contributed by atoms with Gasteiger partial charge in [0.1, 0.15) is 6.54 Å². The minimum atomic E-state index is -0.560. The van der Waals surface area contributed by atoms with Crippen molar-refractivity contribution in [2.24, 2.45) is 0 Å². The van der Waals surface area contributed by atoms with Gasteiger partial charge in [0.15, 0.2) is 0 Å². The van der Waals surface area contributed by atoms with Gasteiger partial charge >= 0.3 is 5.97 Å². The van der Waals surface area contributed by atoms with Crippen LogP contribution in [0.3, 0.4) is 0 Å². The van der Waals surface area contributed by atoms with Gasteiger partial charge in [0, 0.05) is 17.6 Å². The monoisotopic (exact) mass is 374 g/mol. The van der Waals surface area contributed by atoms with Crippen LogP contribution in [0.15, 0.2) is 42.5 Å². The topological polar surface area (TPSA) is 75.7 Å². The largest absolute Gasteiger partial charge is 0.465 e. The van der Waals surface area contributed by atoms with Crippen LogP contribution in [0.2, 0.25) is 5.02 Å². The average Bonchev–Trinajstić information content (AvgIpc) is 2.62. The van der Waals surface area contributed by atoms with E-state index in [-0.39, 0.29) is 18.0 Å². The van der Waals surface area contributed by atoms with Crippen LogP contribution in [0.4, 0.5) is 11.4 Å². The summed E-state index contributed by atoms with van der Waals surface area (Å²) in [5.74, 6) is -1.31. The van der Waals surface area contributed by atoms with E-state index in [9.17, 15) is 14.4 Å². The molecule has 2 rings (SSSR count). The summed E-state index contributed by atoms with van der Waals surface area (Å²) in [6.45, 7) is 2.93. The molecule has 2 aromatic rings. The molecule has 0 spiro atoms. The Hall–Kier alpha value is -2.86. The smallest absolute Gasteiger partial charge is 0.339 e. The Morgan fingerprint density at radius 1 is 1.12 bits per heavy atom. The molecule has 0 aliphatic rings. The molecule has 0 bridgehead atoms. The molecule has 2 amide bonds. The van der Waals surface area contributed by atoms with Crippen LogP contribution >= 0.6 is 11.6 Å². The zero-order chi connectivity index (χ0) is 19.3. The van der Waals surface area contributed by atoms with Gasteiger partial charge in [0.05, 0.1) is 18.4 Å². The number of rotatable bonds is 5. The number of benzene rings is 2. The van der Waals surface area contributed by atoms with Gasteiger partial charge in [-0.05, 0) is 36.8 Å². The number of carbonyl (C=O) groups excluding carboxylic acids is 3. The van der Waals surface area contributed by atoms with Gasteiger partial charge < -0.3 is 15.0 Å². The molecule has 6 nitrogen and oxygen atoms in total. The lowest BCUT2D eigenvalue weighted by Crippen LogP contribution is -2.37. The van der Waals surface area contributed by atoms with Crippen LogP contribution in [-0.4, -0.2) is 31.4 Å². The minimum absolute atomic E-state index is 0.216. The van der Waals surface area contributed by atoms with Crippen molar-refractivity contribution in [3.8, 4) is 0 Å². The summed E-state index contributed by atoms with van der Waals surface area (Å²) in [4.78, 5) is 37.6. The van der Waals surface area contributed by atoms with Crippen molar-refractivity contribution in [2.75, 3.05) is 23.9 Å². The molecule has 0 atom stereocenters. The fraction of sp³-hybridized carbons (Fsp3) is 0.211. The van der Waals surface area contributed by atoms with E-state index in [0.717, 1.165) is 0 Å². The lowest BCUT2D eigenvalue weighted by atomic mass is 10.1. The number of carbonyl (C=O) groups is 3. The van der Waals surface area contributed by atoms with Gasteiger partial charge in [-0.15, -0.1) is 0 Å². The Labute approximate surface area is 156 Å². The maximum absolute atomic E-state index is 12.5. The number of ether oxygens (including phenoxy) is 1. The highest BCUT2D eigenvalue weighted by atomic mass is 35.5. The van der Waals surface area contributed by atoms with E-state index in [0.29, 0.717) is 22.0 Å². The molecule has 0 aliphatic carbocycles. The third kappa shape index (κ3) is 4.40. The summed E-state index contributed by atoms with van der Waals surface area (Å²) in [6, 6.07) is 11.6. The fourth-order valence-corrected chi connectivity index (χ4v) is 2.64. The van der Waals surface area contributed by atoms with E-state index < -0.39 is 11.9 Å². The minimum Gasteiger partial charge on any atom is -0.465 e. The number of anilines is 2. The standard InChI is InChI=1S/C19H19ClN2O4/c1-12-15(20)8-6-10-17(12)22(13(2)23)11-18(24)21-16-9-5-4-7-14(16)19(25)26-3/h4-10H,11H2,1-3H3,(H,21,24). The highest BCUT2D eigenvalue weighted by Crippen LogP contribution is 2.26. The highest BCUT2D eigenvalue weighted by molar-refractivity contribution is 6.31. The number of para-hydroxylation sites is 1. The first kappa shape index (κ1) is 19.5. The molecule has 1 N–H and O–H groups in total. The molecule has 7 heteroatoms. The maximum Gasteiger partial charge on any atom is 0.339 e. The number of halogens is 1. The lowest BCUT2D eigenvalue weighted by Gasteiger charge is -2.23. The van der Waals surface area contributed by atoms with Crippen LogP contribution in [0, 0.1) is 6.92 Å². The van der Waals surface area contributed by atoms with Crippen molar-refractivity contribution in [3.63, 3.8) is 0 Å². The maximum atomic E-state index is 12.5. The average molecular weight is 375 g/mol. The first-order chi connectivity index (χ1) is 12.3. The second kappa shape index (κ2) is 8.49. The first-order valence-corrected chi connectivity index (χ1v) is 8.23. The number of nitrogens with zero attached hydrogens (tertiary/aromatic N) is 1. The number of hydrogen-bond donors (Lipinski definition) is 1. The molecule has 0 aliphatic heterocycles. The van der Waals surface area contributed by atoms with E-state index in [1.165, 1.54) is 18.9 Å². The molecule has 0 aromatic heterocycles. The summed E-state index contributed by atoms with van der Waals surface area (Å²) in [6.07, 6.45) is 0. The molecule has 136 valence electrons. The Bertz CT molecular complexity index is 851. The molecule has 0 saturated heterocycles. The molecule has 26 heavy (non-hydrogen) atoms. The predicted octanol–water partition coefficient (Wildman–Crippen LogP) is 3.43. The van der Waals surface area contributed by atoms with Crippen molar-refractivity contribution >= 4 is 40.8 Å². The summed E-state index contributed by atoms with van der Waals surface area (Å²) in [7, 11) is 1.26. The van der Waals surface area contributed by atoms with Crippen molar-refractivity contribution < 1.29 is 19.1 Å². The number of amides is 2. The van der Waals surface area contributed by atoms with Crippen LogP contribution in [0.5, 0.6) is 0 Å². The Kier molecular flexibility index (Phi) is 6.36. The van der Waals surface area contributed by atoms with Gasteiger partial charge in [-0.3, -0.25) is 9.59 Å². The van der Waals surface area contributed by atoms with Crippen LogP contribution in [0.1, 0.15) is 22.8 Å². The van der Waals surface area contributed by atoms with Crippen LogP contribution < -0.4 is 10.2 Å². The van der Waals surface area contributed by atoms with Crippen LogP contribution in [0.25, 0.3) is 0 Å². The molecule has 0 fully saturated rings. The Morgan fingerprint density at radius 2 is 1.81 bits per heavy atom. The second-order valence-corrected chi connectivity index (χ2v) is 5.98. The quantitative estimate of drug-likeness (QED) is 0.813. The third-order valence-corrected chi connectivity index (χ3v) is 4.23. The van der Waals surface area contributed by atoms with E-state index >= 15 is 0 Å². The third-order valence-electron chi connectivity index (χ3n) is 3.82. The van der Waals surface area contributed by atoms with Crippen molar-refractivity contribution in [1.82, 2.24) is 0 Å². The van der Waals surface area contributed by atoms with E-state index in [1.54, 1.807) is 49.4 Å². The molecular formula is C19H19ClN2O4. The van der Waals surface area contributed by atoms with E-state index in [2.05, 4.69) is 5.32 Å². The van der Waals surface area contributed by atoms with Gasteiger partial charge in [-0.1, -0.05) is 29.8 Å². The van der Waals surface area contributed by atoms with Gasteiger partial charge in [0.2, 0.25) is 11.8 Å². The van der Waals surface area contributed by atoms with Crippen molar-refractivity contribution in [3.05, 3.63) is 58.6 Å². The van der Waals surface area contributed by atoms with Crippen molar-refractivity contribution in [1.29, 1.82) is 0 Å². The summed E-state index contributed by atoms with van der Waals surface area (Å²) in [5, 5.41) is 3.15. The summed E-state index contributed by atoms with van der Waals surface area (Å²) < 4.78 is 4.71. The van der Waals surface area contributed by atoms with Gasteiger partial charge in [-0.2, -0.15) is 0 Å². The molecular weight excluding hydrogens is 356 g/mol. The van der Waals surface area contributed by atoms with Gasteiger partial charge in [0.25, 0.3) is 0 Å². The zero-order valence-corrected chi connectivity index (χ0v) is 15.5. The Balaban J connectivity index is 2.24. The normalized spacial score (nSPS) is 10.2. The van der Waals surface area contributed by atoms with E-state index in [4.69, 9.17) is 16.3 Å². The number of hydrogen-bond acceptors (Lipinski definition) is 4. The van der Waals surface area contributed by atoms with Gasteiger partial charge in [-0.25, -0.2) is 4.79 Å². The van der Waals surface area contributed by atoms with Crippen LogP contribution in [-0.2, 0) is 14.3 Å². The fourth-order valence-electron chi connectivity index (χ4n) is 2.47. The molecule has 0 saturated carbocycles. The highest BCUT2D eigenvalue weighted by Gasteiger charge is 2.20. The molecule has 2 aromatic carbocycles. The lowest BCUT2D eigenvalue weighted by molar-refractivity contribution is -0.120. The molecule has 0 unspecified atom stereocenters. The first-order valence-electron chi connectivity index (χ1n) is 7.85. The number of nitrogens with one attached hydrogen (secondary N) is 1. The zero-order valence-electron chi connectivity index (χ0n) is 14.7. The van der Waals surface area contributed by atoms with Crippen molar-refractivity contribution in [2.45, 2.75) is 13.8 Å². The summed E-state index contributed by atoms with van der Waals surface area (Å²) >= 11 is 6.11. The number of methoxy groups -OCH3 is 1. The molecule has 0 heterocycles. The SMILES string of the molecule is COC(=O)c1ccccc1NC(=O)CN(C(C)=O)c1cccc(Cl)c1C. The predicted molar refractivity (Wildman–Crippen MR) is 101 cm³/mol. The molecule has 0 radical (unpaired) electrons.